The highest BCUT2D eigenvalue weighted by Crippen LogP contribution is 2.39. The van der Waals surface area contributed by atoms with Crippen molar-refractivity contribution >= 4 is 22.4 Å². The van der Waals surface area contributed by atoms with Crippen LogP contribution in [0, 0.1) is 13.8 Å². The van der Waals surface area contributed by atoms with E-state index in [0.29, 0.717) is 17.6 Å². The zero-order valence-corrected chi connectivity index (χ0v) is 15.1. The van der Waals surface area contributed by atoms with Crippen molar-refractivity contribution in [1.82, 2.24) is 24.6 Å². The second kappa shape index (κ2) is 5.93. The van der Waals surface area contributed by atoms with Gasteiger partial charge in [0.2, 0.25) is 5.91 Å². The van der Waals surface area contributed by atoms with E-state index in [1.165, 1.54) is 24.2 Å². The Balaban J connectivity index is 1.42. The lowest BCUT2D eigenvalue weighted by atomic mass is 10.2. The lowest BCUT2D eigenvalue weighted by Crippen LogP contribution is -2.46. The van der Waals surface area contributed by atoms with Gasteiger partial charge < -0.3 is 9.88 Å². The van der Waals surface area contributed by atoms with Gasteiger partial charge in [-0.2, -0.15) is 0 Å². The van der Waals surface area contributed by atoms with Crippen LogP contribution in [-0.2, 0) is 17.9 Å². The minimum Gasteiger partial charge on any atom is -0.312 e. The van der Waals surface area contributed by atoms with Gasteiger partial charge in [-0.05, 0) is 33.6 Å². The molecule has 24 heavy (non-hydrogen) atoms. The molecule has 4 rings (SSSR count). The summed E-state index contributed by atoms with van der Waals surface area (Å²) in [5, 5.41) is 12.3. The molecule has 1 N–H and O–H groups in total. The number of hydrogen-bond acceptors (Lipinski definition) is 6. The quantitative estimate of drug-likeness (QED) is 0.917. The van der Waals surface area contributed by atoms with E-state index in [2.05, 4.69) is 30.0 Å². The second-order valence-corrected chi connectivity index (χ2v) is 7.90. The molecule has 1 aliphatic carbocycles. The van der Waals surface area contributed by atoms with Crippen molar-refractivity contribution in [2.75, 3.05) is 11.9 Å². The topological polar surface area (TPSA) is 75.9 Å². The summed E-state index contributed by atoms with van der Waals surface area (Å²) in [6.07, 6.45) is 2.46. The molecule has 1 saturated carbocycles. The zero-order chi connectivity index (χ0) is 16.8. The van der Waals surface area contributed by atoms with E-state index in [4.69, 9.17) is 0 Å². The molecule has 1 amide bonds. The van der Waals surface area contributed by atoms with Gasteiger partial charge in [0.05, 0.1) is 18.3 Å². The largest absolute Gasteiger partial charge is 0.312 e. The molecule has 1 atom stereocenters. The van der Waals surface area contributed by atoms with Crippen molar-refractivity contribution < 1.29 is 4.79 Å². The van der Waals surface area contributed by atoms with Crippen molar-refractivity contribution in [2.24, 2.45) is 0 Å². The van der Waals surface area contributed by atoms with Crippen molar-refractivity contribution in [1.29, 1.82) is 0 Å². The number of thiazole rings is 1. The van der Waals surface area contributed by atoms with Gasteiger partial charge in [0.15, 0.2) is 5.13 Å². The maximum atomic E-state index is 12.5. The van der Waals surface area contributed by atoms with Crippen LogP contribution >= 0.6 is 11.3 Å². The van der Waals surface area contributed by atoms with E-state index >= 15 is 0 Å². The van der Waals surface area contributed by atoms with Crippen molar-refractivity contribution in [3.8, 4) is 0 Å². The van der Waals surface area contributed by atoms with E-state index in [-0.39, 0.29) is 11.9 Å². The van der Waals surface area contributed by atoms with Gasteiger partial charge in [-0.25, -0.2) is 4.98 Å². The van der Waals surface area contributed by atoms with Gasteiger partial charge in [0.1, 0.15) is 11.6 Å². The van der Waals surface area contributed by atoms with Crippen LogP contribution in [0.3, 0.4) is 0 Å². The van der Waals surface area contributed by atoms with Gasteiger partial charge >= 0.3 is 0 Å². The van der Waals surface area contributed by atoms with E-state index in [1.54, 1.807) is 0 Å². The summed E-state index contributed by atoms with van der Waals surface area (Å²) in [7, 11) is 0. The number of amides is 1. The third-order valence-electron chi connectivity index (χ3n) is 4.94. The fourth-order valence-electron chi connectivity index (χ4n) is 3.07. The molecule has 8 heteroatoms. The number of nitrogens with zero attached hydrogens (tertiary/aromatic N) is 5. The number of aromatic nitrogens is 4. The lowest BCUT2D eigenvalue weighted by Gasteiger charge is -2.31. The molecule has 2 aromatic heterocycles. The molecule has 128 valence electrons. The van der Waals surface area contributed by atoms with Crippen LogP contribution in [0.2, 0.25) is 0 Å². The predicted molar refractivity (Wildman–Crippen MR) is 92.1 cm³/mol. The van der Waals surface area contributed by atoms with E-state index in [9.17, 15) is 4.79 Å². The van der Waals surface area contributed by atoms with Crippen LogP contribution in [0.1, 0.15) is 47.9 Å². The SMILES string of the molecule is Cc1nc(NC(=O)C(C)N2CCn3c(nnc3C3CC3)C2)sc1C. The summed E-state index contributed by atoms with van der Waals surface area (Å²) < 4.78 is 2.24. The Morgan fingerprint density at radius 2 is 2.08 bits per heavy atom. The molecule has 7 nitrogen and oxygen atoms in total. The number of aryl methyl sites for hydroxylation is 2. The number of carbonyl (C=O) groups is 1. The van der Waals surface area contributed by atoms with E-state index < -0.39 is 0 Å². The number of hydrogen-bond donors (Lipinski definition) is 1. The number of rotatable bonds is 4. The third-order valence-corrected chi connectivity index (χ3v) is 5.93. The molecular formula is C16H22N6OS. The molecule has 2 aliphatic rings. The first-order valence-corrected chi connectivity index (χ1v) is 9.25. The Morgan fingerprint density at radius 1 is 1.29 bits per heavy atom. The van der Waals surface area contributed by atoms with Crippen LogP contribution in [-0.4, -0.2) is 43.1 Å². The Labute approximate surface area is 145 Å². The van der Waals surface area contributed by atoms with Gasteiger partial charge in [0.25, 0.3) is 0 Å². The smallest absolute Gasteiger partial charge is 0.243 e. The molecule has 1 aliphatic heterocycles. The Morgan fingerprint density at radius 3 is 2.75 bits per heavy atom. The molecule has 0 aromatic carbocycles. The summed E-state index contributed by atoms with van der Waals surface area (Å²) in [5.41, 5.74) is 0.974. The predicted octanol–water partition coefficient (Wildman–Crippen LogP) is 2.07. The first-order valence-electron chi connectivity index (χ1n) is 8.44. The first-order chi connectivity index (χ1) is 11.5. The Kier molecular flexibility index (Phi) is 3.88. The fraction of sp³-hybridized carbons (Fsp3) is 0.625. The minimum atomic E-state index is -0.218. The summed E-state index contributed by atoms with van der Waals surface area (Å²) in [6, 6.07) is -0.218. The van der Waals surface area contributed by atoms with Crippen molar-refractivity contribution in [3.05, 3.63) is 22.2 Å². The molecule has 3 heterocycles. The average Bonchev–Trinajstić information content (AvgIpc) is 3.24. The van der Waals surface area contributed by atoms with E-state index in [1.807, 2.05) is 20.8 Å². The molecule has 0 radical (unpaired) electrons. The Hall–Kier alpha value is -1.80. The number of anilines is 1. The first kappa shape index (κ1) is 15.7. The van der Waals surface area contributed by atoms with Crippen molar-refractivity contribution in [2.45, 2.75) is 58.7 Å². The highest BCUT2D eigenvalue weighted by Gasteiger charge is 2.33. The number of nitrogens with one attached hydrogen (secondary N) is 1. The van der Waals surface area contributed by atoms with Gasteiger partial charge in [-0.1, -0.05) is 0 Å². The molecule has 1 fully saturated rings. The van der Waals surface area contributed by atoms with Crippen LogP contribution in [0.25, 0.3) is 0 Å². The highest BCUT2D eigenvalue weighted by molar-refractivity contribution is 7.15. The molecular weight excluding hydrogens is 324 g/mol. The molecule has 0 saturated heterocycles. The number of carbonyl (C=O) groups excluding carboxylic acids is 1. The van der Waals surface area contributed by atoms with Crippen LogP contribution in [0.5, 0.6) is 0 Å². The monoisotopic (exact) mass is 346 g/mol. The molecule has 0 bridgehead atoms. The summed E-state index contributed by atoms with van der Waals surface area (Å²) in [6.45, 7) is 8.29. The lowest BCUT2D eigenvalue weighted by molar-refractivity contribution is -0.121. The van der Waals surface area contributed by atoms with Gasteiger partial charge in [-0.3, -0.25) is 9.69 Å². The maximum absolute atomic E-state index is 12.5. The number of fused-ring (bicyclic) bond motifs is 1. The zero-order valence-electron chi connectivity index (χ0n) is 14.2. The van der Waals surface area contributed by atoms with Crippen LogP contribution in [0.15, 0.2) is 0 Å². The van der Waals surface area contributed by atoms with E-state index in [0.717, 1.165) is 35.3 Å². The third kappa shape index (κ3) is 2.84. The maximum Gasteiger partial charge on any atom is 0.243 e. The van der Waals surface area contributed by atoms with Gasteiger partial charge in [0, 0.05) is 23.9 Å². The normalized spacial score (nSPS) is 19.1. The average molecular weight is 346 g/mol. The van der Waals surface area contributed by atoms with Crippen LogP contribution < -0.4 is 5.32 Å². The summed E-state index contributed by atoms with van der Waals surface area (Å²) >= 11 is 1.52. The molecule has 1 unspecified atom stereocenters. The molecule has 2 aromatic rings. The highest BCUT2D eigenvalue weighted by atomic mass is 32.1. The second-order valence-electron chi connectivity index (χ2n) is 6.70. The fourth-order valence-corrected chi connectivity index (χ4v) is 3.89. The summed E-state index contributed by atoms with van der Waals surface area (Å²) in [4.78, 5) is 20.2. The molecule has 0 spiro atoms. The minimum absolute atomic E-state index is 0.0147. The van der Waals surface area contributed by atoms with Gasteiger partial charge in [-0.15, -0.1) is 21.5 Å². The van der Waals surface area contributed by atoms with Crippen LogP contribution in [0.4, 0.5) is 5.13 Å². The standard InChI is InChI=1S/C16H22N6OS/c1-9-11(3)24-16(17-9)18-15(23)10(2)21-6-7-22-13(8-21)19-20-14(22)12-4-5-12/h10,12H,4-8H2,1-3H3,(H,17,18,23). The Bertz CT molecular complexity index is 758. The summed E-state index contributed by atoms with van der Waals surface area (Å²) in [5.74, 6) is 2.70. The van der Waals surface area contributed by atoms with Crippen molar-refractivity contribution in [3.63, 3.8) is 0 Å².